The van der Waals surface area contributed by atoms with E-state index in [4.69, 9.17) is 14.2 Å². The Morgan fingerprint density at radius 2 is 2.26 bits per heavy atom. The Bertz CT molecular complexity index is 430. The van der Waals surface area contributed by atoms with Gasteiger partial charge in [0.25, 0.3) is 0 Å². The zero-order chi connectivity index (χ0) is 13.7. The fourth-order valence-corrected chi connectivity index (χ4v) is 2.47. The first-order valence-corrected chi connectivity index (χ1v) is 6.62. The Labute approximate surface area is 113 Å². The smallest absolute Gasteiger partial charge is 0.306 e. The highest BCUT2D eigenvalue weighted by Gasteiger charge is 2.31. The molecule has 0 unspecified atom stereocenters. The van der Waals surface area contributed by atoms with Crippen LogP contribution in [-0.4, -0.2) is 32.9 Å². The largest absolute Gasteiger partial charge is 0.497 e. The van der Waals surface area contributed by atoms with Gasteiger partial charge in [-0.25, -0.2) is 0 Å². The molecule has 4 heteroatoms. The average molecular weight is 264 g/mol. The lowest BCUT2D eigenvalue weighted by Gasteiger charge is -2.17. The predicted octanol–water partition coefficient (Wildman–Crippen LogP) is 2.38. The molecule has 1 aliphatic heterocycles. The van der Waals surface area contributed by atoms with Gasteiger partial charge in [0, 0.05) is 11.8 Å². The van der Waals surface area contributed by atoms with Gasteiger partial charge in [0.05, 0.1) is 33.4 Å². The molecule has 0 N–H and O–H groups in total. The van der Waals surface area contributed by atoms with Crippen molar-refractivity contribution in [3.63, 3.8) is 0 Å². The van der Waals surface area contributed by atoms with Gasteiger partial charge in [-0.3, -0.25) is 4.79 Å². The Morgan fingerprint density at radius 3 is 3.00 bits per heavy atom. The second-order valence-electron chi connectivity index (χ2n) is 4.69. The van der Waals surface area contributed by atoms with Gasteiger partial charge in [0.15, 0.2) is 0 Å². The molecule has 0 spiro atoms. The minimum absolute atomic E-state index is 0.147. The van der Waals surface area contributed by atoms with Crippen LogP contribution in [0, 0.1) is 5.92 Å². The second kappa shape index (κ2) is 6.57. The second-order valence-corrected chi connectivity index (χ2v) is 4.69. The quantitative estimate of drug-likeness (QED) is 0.766. The van der Waals surface area contributed by atoms with E-state index in [2.05, 4.69) is 6.07 Å². The molecule has 0 aliphatic carbocycles. The Morgan fingerprint density at radius 1 is 1.42 bits per heavy atom. The maximum Gasteiger partial charge on any atom is 0.306 e. The van der Waals surface area contributed by atoms with Crippen LogP contribution in [0.1, 0.15) is 24.8 Å². The van der Waals surface area contributed by atoms with Gasteiger partial charge in [-0.1, -0.05) is 12.1 Å². The van der Waals surface area contributed by atoms with Crippen LogP contribution in [-0.2, 0) is 14.3 Å². The SMILES string of the molecule is CCOC(=O)C[C@H]1COC[C@H]1c1cccc(OC)c1. The molecule has 0 saturated carbocycles. The van der Waals surface area contributed by atoms with Crippen molar-refractivity contribution in [2.75, 3.05) is 26.9 Å². The molecule has 0 amide bonds. The van der Waals surface area contributed by atoms with Gasteiger partial charge in [0.1, 0.15) is 5.75 Å². The first kappa shape index (κ1) is 13.9. The van der Waals surface area contributed by atoms with Gasteiger partial charge < -0.3 is 14.2 Å². The molecule has 1 aromatic rings. The van der Waals surface area contributed by atoms with Crippen molar-refractivity contribution in [2.24, 2.45) is 5.92 Å². The normalized spacial score (nSPS) is 22.2. The van der Waals surface area contributed by atoms with Gasteiger partial charge >= 0.3 is 5.97 Å². The zero-order valence-electron chi connectivity index (χ0n) is 11.4. The van der Waals surface area contributed by atoms with E-state index in [0.29, 0.717) is 26.2 Å². The summed E-state index contributed by atoms with van der Waals surface area (Å²) >= 11 is 0. The average Bonchev–Trinajstić information content (AvgIpc) is 2.87. The van der Waals surface area contributed by atoms with Crippen LogP contribution >= 0.6 is 0 Å². The van der Waals surface area contributed by atoms with Crippen molar-refractivity contribution in [1.82, 2.24) is 0 Å². The standard InChI is InChI=1S/C15H20O4/c1-3-19-15(16)8-12-9-18-10-14(12)11-5-4-6-13(7-11)17-2/h4-7,12,14H,3,8-10H2,1-2H3/t12-,14-/m0/s1. The summed E-state index contributed by atoms with van der Waals surface area (Å²) in [6.45, 7) is 3.51. The summed E-state index contributed by atoms with van der Waals surface area (Å²) in [5.41, 5.74) is 1.16. The van der Waals surface area contributed by atoms with E-state index in [9.17, 15) is 4.79 Å². The molecule has 1 saturated heterocycles. The van der Waals surface area contributed by atoms with Crippen LogP contribution in [0.25, 0.3) is 0 Å². The van der Waals surface area contributed by atoms with E-state index in [-0.39, 0.29) is 17.8 Å². The lowest BCUT2D eigenvalue weighted by molar-refractivity contribution is -0.144. The molecule has 104 valence electrons. The summed E-state index contributed by atoms with van der Waals surface area (Å²) in [6, 6.07) is 7.95. The molecule has 19 heavy (non-hydrogen) atoms. The Balaban J connectivity index is 2.07. The molecule has 2 atom stereocenters. The highest BCUT2D eigenvalue weighted by molar-refractivity contribution is 5.69. The van der Waals surface area contributed by atoms with E-state index in [1.807, 2.05) is 25.1 Å². The topological polar surface area (TPSA) is 44.8 Å². The third kappa shape index (κ3) is 3.47. The number of ether oxygens (including phenoxy) is 3. The van der Waals surface area contributed by atoms with Crippen molar-refractivity contribution < 1.29 is 19.0 Å². The fourth-order valence-electron chi connectivity index (χ4n) is 2.47. The molecule has 0 radical (unpaired) electrons. The van der Waals surface area contributed by atoms with Crippen molar-refractivity contribution in [2.45, 2.75) is 19.3 Å². The number of methoxy groups -OCH3 is 1. The van der Waals surface area contributed by atoms with Crippen LogP contribution in [0.2, 0.25) is 0 Å². The summed E-state index contributed by atoms with van der Waals surface area (Å²) in [6.07, 6.45) is 0.412. The number of hydrogen-bond donors (Lipinski definition) is 0. The summed E-state index contributed by atoms with van der Waals surface area (Å²) in [5, 5.41) is 0. The minimum atomic E-state index is -0.147. The van der Waals surface area contributed by atoms with Gasteiger partial charge in [-0.2, -0.15) is 0 Å². The molecule has 0 bridgehead atoms. The third-order valence-corrected chi connectivity index (χ3v) is 3.45. The van der Waals surface area contributed by atoms with E-state index in [1.54, 1.807) is 7.11 Å². The minimum Gasteiger partial charge on any atom is -0.497 e. The third-order valence-electron chi connectivity index (χ3n) is 3.45. The highest BCUT2D eigenvalue weighted by atomic mass is 16.5. The molecule has 1 aromatic carbocycles. The summed E-state index contributed by atoms with van der Waals surface area (Å²) < 4.78 is 15.8. The number of carbonyl (C=O) groups excluding carboxylic acids is 1. The van der Waals surface area contributed by atoms with Crippen molar-refractivity contribution in [1.29, 1.82) is 0 Å². The maximum absolute atomic E-state index is 11.6. The molecule has 1 heterocycles. The van der Waals surface area contributed by atoms with E-state index in [0.717, 1.165) is 11.3 Å². The predicted molar refractivity (Wildman–Crippen MR) is 71.3 cm³/mol. The van der Waals surface area contributed by atoms with Crippen molar-refractivity contribution in [3.05, 3.63) is 29.8 Å². The number of rotatable bonds is 5. The van der Waals surface area contributed by atoms with Gasteiger partial charge in [-0.05, 0) is 24.6 Å². The van der Waals surface area contributed by atoms with Crippen LogP contribution in [0.15, 0.2) is 24.3 Å². The lowest BCUT2D eigenvalue weighted by Crippen LogP contribution is -2.17. The Hall–Kier alpha value is -1.55. The summed E-state index contributed by atoms with van der Waals surface area (Å²) in [5.74, 6) is 1.11. The van der Waals surface area contributed by atoms with E-state index in [1.165, 1.54) is 0 Å². The number of esters is 1. The summed E-state index contributed by atoms with van der Waals surface area (Å²) in [7, 11) is 1.65. The van der Waals surface area contributed by atoms with Crippen LogP contribution in [0.4, 0.5) is 0 Å². The number of benzene rings is 1. The molecule has 4 nitrogen and oxygen atoms in total. The van der Waals surface area contributed by atoms with Gasteiger partial charge in [-0.15, -0.1) is 0 Å². The summed E-state index contributed by atoms with van der Waals surface area (Å²) in [4.78, 5) is 11.6. The van der Waals surface area contributed by atoms with Crippen LogP contribution in [0.5, 0.6) is 5.75 Å². The van der Waals surface area contributed by atoms with E-state index < -0.39 is 0 Å². The highest BCUT2D eigenvalue weighted by Crippen LogP contribution is 2.34. The van der Waals surface area contributed by atoms with E-state index >= 15 is 0 Å². The monoisotopic (exact) mass is 264 g/mol. The van der Waals surface area contributed by atoms with Crippen LogP contribution < -0.4 is 4.74 Å². The fraction of sp³-hybridized carbons (Fsp3) is 0.533. The van der Waals surface area contributed by atoms with Gasteiger partial charge in [0.2, 0.25) is 0 Å². The first-order chi connectivity index (χ1) is 9.24. The number of hydrogen-bond acceptors (Lipinski definition) is 4. The molecular weight excluding hydrogens is 244 g/mol. The molecule has 1 fully saturated rings. The maximum atomic E-state index is 11.6. The first-order valence-electron chi connectivity index (χ1n) is 6.62. The molecule has 2 rings (SSSR count). The number of carbonyl (C=O) groups is 1. The van der Waals surface area contributed by atoms with Crippen LogP contribution in [0.3, 0.4) is 0 Å². The van der Waals surface area contributed by atoms with Crippen molar-refractivity contribution in [3.8, 4) is 5.75 Å². The molecular formula is C15H20O4. The van der Waals surface area contributed by atoms with Crippen molar-refractivity contribution >= 4 is 5.97 Å². The zero-order valence-corrected chi connectivity index (χ0v) is 11.4. The lowest BCUT2D eigenvalue weighted by atomic mass is 9.87. The molecule has 1 aliphatic rings. The molecule has 0 aromatic heterocycles. The Kier molecular flexibility index (Phi) is 4.80.